The van der Waals surface area contributed by atoms with Gasteiger partial charge in [0.05, 0.1) is 12.7 Å². The van der Waals surface area contributed by atoms with Crippen molar-refractivity contribution in [2.45, 2.75) is 0 Å². The van der Waals surface area contributed by atoms with Gasteiger partial charge in [0.2, 0.25) is 0 Å². The van der Waals surface area contributed by atoms with Gasteiger partial charge in [-0.05, 0) is 42.3 Å². The Morgan fingerprint density at radius 1 is 1.06 bits per heavy atom. The first-order valence-corrected chi connectivity index (χ1v) is 5.83. The molecule has 0 aliphatic heterocycles. The molecule has 2 rings (SSSR count). The Morgan fingerprint density at radius 2 is 1.78 bits per heavy atom. The highest BCUT2D eigenvalue weighted by Crippen LogP contribution is 2.16. The van der Waals surface area contributed by atoms with Gasteiger partial charge in [-0.2, -0.15) is 0 Å². The molecule has 0 heterocycles. The Bertz CT molecular complexity index is 581. The van der Waals surface area contributed by atoms with Gasteiger partial charge in [-0.3, -0.25) is 0 Å². The van der Waals surface area contributed by atoms with Crippen LogP contribution in [0.3, 0.4) is 0 Å². The zero-order chi connectivity index (χ0) is 12.8. The van der Waals surface area contributed by atoms with E-state index in [9.17, 15) is 0 Å². The van der Waals surface area contributed by atoms with Crippen LogP contribution >= 0.6 is 11.6 Å². The van der Waals surface area contributed by atoms with Gasteiger partial charge in [-0.1, -0.05) is 23.7 Å². The maximum absolute atomic E-state index is 5.80. The summed E-state index contributed by atoms with van der Waals surface area (Å²) in [5, 5.41) is 3.70. The van der Waals surface area contributed by atoms with Crippen molar-refractivity contribution < 1.29 is 4.74 Å². The molecule has 1 N–H and O–H groups in total. The molecule has 0 amide bonds. The lowest BCUT2D eigenvalue weighted by Gasteiger charge is -2.01. The van der Waals surface area contributed by atoms with E-state index >= 15 is 0 Å². The fraction of sp³-hybridized carbons (Fsp3) is 0.0667. The molecule has 2 aromatic carbocycles. The Morgan fingerprint density at radius 3 is 2.50 bits per heavy atom. The van der Waals surface area contributed by atoms with Crippen LogP contribution in [0.4, 0.5) is 5.69 Å². The standard InChI is InChI=1S/C15H12ClNO/c1-18-15-5-3-2-4-12(15)10-11-17-14-8-6-13(16)7-9-14/h2-9,17H,1H3. The van der Waals surface area contributed by atoms with Crippen molar-refractivity contribution in [1.29, 1.82) is 0 Å². The van der Waals surface area contributed by atoms with Gasteiger partial charge < -0.3 is 10.1 Å². The molecule has 3 heteroatoms. The van der Waals surface area contributed by atoms with Crippen LogP contribution < -0.4 is 10.1 Å². The molecule has 0 spiro atoms. The summed E-state index contributed by atoms with van der Waals surface area (Å²) in [4.78, 5) is 0. The molecular formula is C15H12ClNO. The molecule has 0 radical (unpaired) electrons. The predicted octanol–water partition coefficient (Wildman–Crippen LogP) is 3.77. The van der Waals surface area contributed by atoms with Gasteiger partial charge in [0.25, 0.3) is 0 Å². The van der Waals surface area contributed by atoms with E-state index < -0.39 is 0 Å². The average Bonchev–Trinajstić information content (AvgIpc) is 2.41. The van der Waals surface area contributed by atoms with E-state index in [-0.39, 0.29) is 0 Å². The van der Waals surface area contributed by atoms with E-state index in [4.69, 9.17) is 16.3 Å². The van der Waals surface area contributed by atoms with E-state index in [1.807, 2.05) is 48.5 Å². The van der Waals surface area contributed by atoms with Crippen molar-refractivity contribution in [3.8, 4) is 17.7 Å². The zero-order valence-corrected chi connectivity index (χ0v) is 10.7. The van der Waals surface area contributed by atoms with E-state index in [0.29, 0.717) is 5.02 Å². The van der Waals surface area contributed by atoms with Gasteiger partial charge in [0.15, 0.2) is 0 Å². The van der Waals surface area contributed by atoms with Crippen LogP contribution in [0.15, 0.2) is 48.5 Å². The molecule has 0 unspecified atom stereocenters. The summed E-state index contributed by atoms with van der Waals surface area (Å²) in [6.45, 7) is 0. The Hall–Kier alpha value is -2.11. The Labute approximate surface area is 112 Å². The average molecular weight is 258 g/mol. The van der Waals surface area contributed by atoms with Crippen LogP contribution in [-0.2, 0) is 0 Å². The molecule has 0 atom stereocenters. The topological polar surface area (TPSA) is 21.3 Å². The summed E-state index contributed by atoms with van der Waals surface area (Å²) in [5.74, 6) is 3.77. The molecule has 0 aliphatic rings. The third kappa shape index (κ3) is 3.19. The Balaban J connectivity index is 2.10. The monoisotopic (exact) mass is 257 g/mol. The number of methoxy groups -OCH3 is 1. The smallest absolute Gasteiger partial charge is 0.134 e. The number of benzene rings is 2. The van der Waals surface area contributed by atoms with Crippen LogP contribution in [0.25, 0.3) is 0 Å². The van der Waals surface area contributed by atoms with Crippen LogP contribution in [0.1, 0.15) is 5.56 Å². The molecule has 90 valence electrons. The van der Waals surface area contributed by atoms with Crippen molar-refractivity contribution in [2.75, 3.05) is 12.4 Å². The van der Waals surface area contributed by atoms with Crippen LogP contribution in [0, 0.1) is 12.0 Å². The lowest BCUT2D eigenvalue weighted by molar-refractivity contribution is 0.413. The summed E-state index contributed by atoms with van der Waals surface area (Å²) >= 11 is 5.80. The summed E-state index contributed by atoms with van der Waals surface area (Å²) in [6.07, 6.45) is 0. The van der Waals surface area contributed by atoms with Crippen molar-refractivity contribution in [3.63, 3.8) is 0 Å². The number of halogens is 1. The molecular weight excluding hydrogens is 246 g/mol. The minimum absolute atomic E-state index is 0.707. The van der Waals surface area contributed by atoms with Gasteiger partial charge >= 0.3 is 0 Å². The molecule has 2 aromatic rings. The zero-order valence-electron chi connectivity index (χ0n) is 9.91. The number of para-hydroxylation sites is 1. The molecule has 2 nitrogen and oxygen atoms in total. The highest BCUT2D eigenvalue weighted by molar-refractivity contribution is 6.30. The van der Waals surface area contributed by atoms with E-state index in [2.05, 4.69) is 17.3 Å². The lowest BCUT2D eigenvalue weighted by atomic mass is 10.2. The summed E-state index contributed by atoms with van der Waals surface area (Å²) in [7, 11) is 1.63. The highest BCUT2D eigenvalue weighted by atomic mass is 35.5. The number of nitrogens with one attached hydrogen (secondary N) is 1. The maximum Gasteiger partial charge on any atom is 0.134 e. The van der Waals surface area contributed by atoms with Gasteiger partial charge in [0.1, 0.15) is 5.75 Å². The predicted molar refractivity (Wildman–Crippen MR) is 74.9 cm³/mol. The largest absolute Gasteiger partial charge is 0.495 e. The first-order valence-electron chi connectivity index (χ1n) is 5.45. The second-order valence-corrected chi connectivity index (χ2v) is 4.02. The molecule has 0 fully saturated rings. The molecule has 0 saturated carbocycles. The van der Waals surface area contributed by atoms with Crippen molar-refractivity contribution in [3.05, 3.63) is 59.1 Å². The molecule has 18 heavy (non-hydrogen) atoms. The normalized spacial score (nSPS) is 9.22. The van der Waals surface area contributed by atoms with Crippen LogP contribution in [-0.4, -0.2) is 7.11 Å². The van der Waals surface area contributed by atoms with Crippen molar-refractivity contribution in [1.82, 2.24) is 0 Å². The number of rotatable bonds is 2. The minimum Gasteiger partial charge on any atom is -0.495 e. The SMILES string of the molecule is COc1ccccc1C#CNc1ccc(Cl)cc1. The molecule has 0 bridgehead atoms. The van der Waals surface area contributed by atoms with E-state index in [0.717, 1.165) is 17.0 Å². The number of anilines is 1. The second kappa shape index (κ2) is 6.00. The first kappa shape index (κ1) is 12.3. The fourth-order valence-electron chi connectivity index (χ4n) is 1.45. The molecule has 0 aliphatic carbocycles. The van der Waals surface area contributed by atoms with E-state index in [1.54, 1.807) is 7.11 Å². The van der Waals surface area contributed by atoms with Gasteiger partial charge in [-0.15, -0.1) is 0 Å². The fourth-order valence-corrected chi connectivity index (χ4v) is 1.58. The number of hydrogen-bond donors (Lipinski definition) is 1. The minimum atomic E-state index is 0.707. The maximum atomic E-state index is 5.80. The third-order valence-electron chi connectivity index (χ3n) is 2.36. The van der Waals surface area contributed by atoms with Crippen molar-refractivity contribution >= 4 is 17.3 Å². The van der Waals surface area contributed by atoms with Gasteiger partial charge in [-0.25, -0.2) is 0 Å². The van der Waals surface area contributed by atoms with Crippen molar-refractivity contribution in [2.24, 2.45) is 0 Å². The third-order valence-corrected chi connectivity index (χ3v) is 2.61. The molecule has 0 aromatic heterocycles. The van der Waals surface area contributed by atoms with Crippen LogP contribution in [0.5, 0.6) is 5.75 Å². The van der Waals surface area contributed by atoms with Crippen LogP contribution in [0.2, 0.25) is 5.02 Å². The quantitative estimate of drug-likeness (QED) is 0.653. The Kier molecular flexibility index (Phi) is 4.11. The first-order chi connectivity index (χ1) is 8.79. The highest BCUT2D eigenvalue weighted by Gasteiger charge is 1.96. The number of ether oxygens (including phenoxy) is 1. The second-order valence-electron chi connectivity index (χ2n) is 3.58. The number of hydrogen-bond acceptors (Lipinski definition) is 2. The summed E-state index contributed by atoms with van der Waals surface area (Å²) in [5.41, 5.74) is 1.75. The molecule has 0 saturated heterocycles. The van der Waals surface area contributed by atoms with E-state index in [1.165, 1.54) is 0 Å². The van der Waals surface area contributed by atoms with Gasteiger partial charge in [0, 0.05) is 16.8 Å². The summed E-state index contributed by atoms with van der Waals surface area (Å²) in [6, 6.07) is 17.9. The lowest BCUT2D eigenvalue weighted by Crippen LogP contribution is -1.90. The summed E-state index contributed by atoms with van der Waals surface area (Å²) < 4.78 is 5.22.